The van der Waals surface area contributed by atoms with Gasteiger partial charge in [-0.15, -0.1) is 0 Å². The Morgan fingerprint density at radius 1 is 1.45 bits per heavy atom. The molecular formula is C14H17N5O. The summed E-state index contributed by atoms with van der Waals surface area (Å²) in [4.78, 5) is 15.9. The minimum Gasteiger partial charge on any atom is -0.326 e. The van der Waals surface area contributed by atoms with E-state index in [9.17, 15) is 4.79 Å². The molecule has 2 heterocycles. The summed E-state index contributed by atoms with van der Waals surface area (Å²) in [6.45, 7) is 2.35. The molecule has 6 heteroatoms. The fraction of sp³-hybridized carbons (Fsp3) is 0.357. The van der Waals surface area contributed by atoms with Gasteiger partial charge in [0, 0.05) is 18.7 Å². The van der Waals surface area contributed by atoms with E-state index in [1.54, 1.807) is 11.0 Å². The lowest BCUT2D eigenvalue weighted by Crippen LogP contribution is -2.25. The highest BCUT2D eigenvalue weighted by atomic mass is 16.1. The molecule has 0 fully saturated rings. The van der Waals surface area contributed by atoms with Crippen molar-refractivity contribution in [2.75, 3.05) is 11.9 Å². The minimum atomic E-state index is -0.000488. The molecule has 2 N–H and O–H groups in total. The van der Waals surface area contributed by atoms with Crippen molar-refractivity contribution >= 4 is 11.6 Å². The van der Waals surface area contributed by atoms with Crippen molar-refractivity contribution in [3.8, 4) is 0 Å². The number of anilines is 1. The van der Waals surface area contributed by atoms with E-state index in [2.05, 4.69) is 26.8 Å². The normalized spacial score (nSPS) is 13.8. The molecule has 20 heavy (non-hydrogen) atoms. The van der Waals surface area contributed by atoms with Crippen molar-refractivity contribution in [3.63, 3.8) is 0 Å². The molecule has 104 valence electrons. The molecule has 0 radical (unpaired) electrons. The number of aryl methyl sites for hydroxylation is 1. The van der Waals surface area contributed by atoms with Gasteiger partial charge in [0.1, 0.15) is 12.7 Å². The standard InChI is InChI=1S/C14H17N5O/c20-14(5-7-19-10-16-9-17-19)18-13-3-1-2-11-4-6-15-8-12(11)13/h1-3,9-10,15H,4-8H2,(H,18,20). The van der Waals surface area contributed by atoms with Gasteiger partial charge in [-0.3, -0.25) is 9.48 Å². The number of carbonyl (C=O) groups excluding carboxylic acids is 1. The average Bonchev–Trinajstić information content (AvgIpc) is 2.99. The molecule has 1 amide bonds. The van der Waals surface area contributed by atoms with Crippen molar-refractivity contribution in [3.05, 3.63) is 42.0 Å². The highest BCUT2D eigenvalue weighted by Crippen LogP contribution is 2.22. The first kappa shape index (κ1) is 12.8. The van der Waals surface area contributed by atoms with Crippen molar-refractivity contribution in [2.45, 2.75) is 25.9 Å². The molecule has 2 aromatic rings. The summed E-state index contributed by atoms with van der Waals surface area (Å²) >= 11 is 0. The Morgan fingerprint density at radius 2 is 2.40 bits per heavy atom. The van der Waals surface area contributed by atoms with Crippen LogP contribution >= 0.6 is 0 Å². The predicted molar refractivity (Wildman–Crippen MR) is 75.1 cm³/mol. The van der Waals surface area contributed by atoms with Gasteiger partial charge < -0.3 is 10.6 Å². The third-order valence-electron chi connectivity index (χ3n) is 3.45. The van der Waals surface area contributed by atoms with Gasteiger partial charge >= 0.3 is 0 Å². The summed E-state index contributed by atoms with van der Waals surface area (Å²) in [6.07, 6.45) is 4.48. The lowest BCUT2D eigenvalue weighted by Gasteiger charge is -2.20. The molecule has 0 unspecified atom stereocenters. The van der Waals surface area contributed by atoms with E-state index in [4.69, 9.17) is 0 Å². The van der Waals surface area contributed by atoms with E-state index in [0.29, 0.717) is 13.0 Å². The zero-order valence-corrected chi connectivity index (χ0v) is 11.2. The van der Waals surface area contributed by atoms with Gasteiger partial charge in [0.25, 0.3) is 0 Å². The van der Waals surface area contributed by atoms with Crippen LogP contribution in [0.25, 0.3) is 0 Å². The number of aromatic nitrogens is 3. The maximum absolute atomic E-state index is 12.0. The molecular weight excluding hydrogens is 254 g/mol. The van der Waals surface area contributed by atoms with Gasteiger partial charge in [-0.1, -0.05) is 12.1 Å². The van der Waals surface area contributed by atoms with Gasteiger partial charge in [-0.05, 0) is 30.2 Å². The molecule has 0 spiro atoms. The Hall–Kier alpha value is -2.21. The number of fused-ring (bicyclic) bond motifs is 1. The molecule has 1 aromatic carbocycles. The molecule has 0 atom stereocenters. The number of amides is 1. The lowest BCUT2D eigenvalue weighted by molar-refractivity contribution is -0.116. The molecule has 1 aliphatic heterocycles. The summed E-state index contributed by atoms with van der Waals surface area (Å²) in [5, 5.41) is 10.3. The van der Waals surface area contributed by atoms with Crippen LogP contribution in [-0.2, 0) is 24.3 Å². The van der Waals surface area contributed by atoms with Crippen LogP contribution in [0.2, 0.25) is 0 Å². The lowest BCUT2D eigenvalue weighted by atomic mass is 9.99. The first-order valence-corrected chi connectivity index (χ1v) is 6.76. The first-order chi connectivity index (χ1) is 9.83. The molecule has 0 aliphatic carbocycles. The smallest absolute Gasteiger partial charge is 0.226 e. The van der Waals surface area contributed by atoms with Crippen LogP contribution in [0.15, 0.2) is 30.9 Å². The second-order valence-corrected chi connectivity index (χ2v) is 4.83. The van der Waals surface area contributed by atoms with Gasteiger partial charge in [0.05, 0.1) is 6.54 Å². The van der Waals surface area contributed by atoms with E-state index in [1.165, 1.54) is 17.5 Å². The SMILES string of the molecule is O=C(CCn1cncn1)Nc1cccc2c1CNCC2. The molecule has 6 nitrogen and oxygen atoms in total. The number of benzene rings is 1. The topological polar surface area (TPSA) is 71.8 Å². The number of hydrogen-bond acceptors (Lipinski definition) is 4. The fourth-order valence-corrected chi connectivity index (χ4v) is 2.41. The van der Waals surface area contributed by atoms with Crippen molar-refractivity contribution in [1.82, 2.24) is 20.1 Å². The van der Waals surface area contributed by atoms with E-state index in [-0.39, 0.29) is 5.91 Å². The second-order valence-electron chi connectivity index (χ2n) is 4.83. The number of nitrogens with one attached hydrogen (secondary N) is 2. The third-order valence-corrected chi connectivity index (χ3v) is 3.45. The Labute approximate surface area is 117 Å². The summed E-state index contributed by atoms with van der Waals surface area (Å²) < 4.78 is 1.65. The van der Waals surface area contributed by atoms with Gasteiger partial charge in [0.2, 0.25) is 5.91 Å². The van der Waals surface area contributed by atoms with Crippen LogP contribution in [0.3, 0.4) is 0 Å². The van der Waals surface area contributed by atoms with E-state index in [1.807, 2.05) is 12.1 Å². The van der Waals surface area contributed by atoms with Crippen LogP contribution in [0.1, 0.15) is 17.5 Å². The van der Waals surface area contributed by atoms with Crippen LogP contribution in [0, 0.1) is 0 Å². The van der Waals surface area contributed by atoms with E-state index in [0.717, 1.165) is 25.2 Å². The summed E-state index contributed by atoms with van der Waals surface area (Å²) in [5.41, 5.74) is 3.43. The van der Waals surface area contributed by atoms with E-state index < -0.39 is 0 Å². The monoisotopic (exact) mass is 271 g/mol. The zero-order chi connectivity index (χ0) is 13.8. The maximum Gasteiger partial charge on any atom is 0.226 e. The Morgan fingerprint density at radius 3 is 3.25 bits per heavy atom. The highest BCUT2D eigenvalue weighted by Gasteiger charge is 2.13. The van der Waals surface area contributed by atoms with E-state index >= 15 is 0 Å². The third kappa shape index (κ3) is 2.85. The van der Waals surface area contributed by atoms with Crippen LogP contribution in [-0.4, -0.2) is 27.2 Å². The Kier molecular flexibility index (Phi) is 3.73. The maximum atomic E-state index is 12.0. The van der Waals surface area contributed by atoms with Gasteiger partial charge in [0.15, 0.2) is 0 Å². The quantitative estimate of drug-likeness (QED) is 0.868. The average molecular weight is 271 g/mol. The molecule has 0 saturated heterocycles. The Bertz CT molecular complexity index is 594. The van der Waals surface area contributed by atoms with Crippen molar-refractivity contribution in [2.24, 2.45) is 0 Å². The molecule has 0 saturated carbocycles. The Balaban J connectivity index is 1.64. The minimum absolute atomic E-state index is 0.000488. The van der Waals surface area contributed by atoms with Gasteiger partial charge in [-0.25, -0.2) is 4.98 Å². The first-order valence-electron chi connectivity index (χ1n) is 6.76. The van der Waals surface area contributed by atoms with Crippen molar-refractivity contribution < 1.29 is 4.79 Å². The number of hydrogen-bond donors (Lipinski definition) is 2. The molecule has 1 aromatic heterocycles. The molecule has 3 rings (SSSR count). The van der Waals surface area contributed by atoms with Crippen LogP contribution in [0.4, 0.5) is 5.69 Å². The van der Waals surface area contributed by atoms with Crippen LogP contribution < -0.4 is 10.6 Å². The number of rotatable bonds is 4. The number of carbonyl (C=O) groups is 1. The predicted octanol–water partition coefficient (Wildman–Crippen LogP) is 0.953. The fourth-order valence-electron chi connectivity index (χ4n) is 2.41. The van der Waals surface area contributed by atoms with Crippen LogP contribution in [0.5, 0.6) is 0 Å². The number of nitrogens with zero attached hydrogens (tertiary/aromatic N) is 3. The largest absolute Gasteiger partial charge is 0.326 e. The molecule has 0 bridgehead atoms. The zero-order valence-electron chi connectivity index (χ0n) is 11.2. The van der Waals surface area contributed by atoms with Crippen molar-refractivity contribution in [1.29, 1.82) is 0 Å². The second kappa shape index (κ2) is 5.83. The highest BCUT2D eigenvalue weighted by molar-refractivity contribution is 5.91. The summed E-state index contributed by atoms with van der Waals surface area (Å²) in [5.74, 6) is -0.000488. The van der Waals surface area contributed by atoms with Gasteiger partial charge in [-0.2, -0.15) is 5.10 Å². The molecule has 1 aliphatic rings. The summed E-state index contributed by atoms with van der Waals surface area (Å²) in [7, 11) is 0. The summed E-state index contributed by atoms with van der Waals surface area (Å²) in [6, 6.07) is 6.08.